The third-order valence-corrected chi connectivity index (χ3v) is 9.37. The smallest absolute Gasteiger partial charge is 0.264 e. The van der Waals surface area contributed by atoms with E-state index in [1.165, 1.54) is 16.7 Å². The van der Waals surface area contributed by atoms with Crippen LogP contribution in [0.25, 0.3) is 0 Å². The van der Waals surface area contributed by atoms with Gasteiger partial charge in [-0.05, 0) is 79.6 Å². The summed E-state index contributed by atoms with van der Waals surface area (Å²) in [5.74, 6) is -0.533. The number of hydrogen-bond acceptors (Lipinski definition) is 5. The number of nitrogens with one attached hydrogen (secondary N) is 1. The zero-order valence-corrected chi connectivity index (χ0v) is 26.5. The van der Waals surface area contributed by atoms with Crippen molar-refractivity contribution in [2.24, 2.45) is 5.92 Å². The molecule has 10 heteroatoms. The molecule has 41 heavy (non-hydrogen) atoms. The maximum atomic E-state index is 14.1. The molecule has 0 aliphatic rings. The minimum absolute atomic E-state index is 0.0784. The second-order valence-corrected chi connectivity index (χ2v) is 13.4. The Balaban J connectivity index is 2.03. The molecule has 7 nitrogen and oxygen atoms in total. The summed E-state index contributed by atoms with van der Waals surface area (Å²) in [5.41, 5.74) is 2.09. The van der Waals surface area contributed by atoms with E-state index in [0.29, 0.717) is 23.7 Å². The predicted molar refractivity (Wildman–Crippen MR) is 168 cm³/mol. The fourth-order valence-corrected chi connectivity index (χ4v) is 6.19. The van der Waals surface area contributed by atoms with Crippen molar-refractivity contribution in [2.75, 3.05) is 23.7 Å². The van der Waals surface area contributed by atoms with Crippen LogP contribution in [0.4, 0.5) is 5.69 Å². The Hall–Kier alpha value is -3.01. The number of nitrogens with zero attached hydrogens (tertiary/aromatic N) is 2. The summed E-state index contributed by atoms with van der Waals surface area (Å²) in [5, 5.41) is 3.49. The average Bonchev–Trinajstić information content (AvgIpc) is 2.96. The number of carbonyl (C=O) groups excluding carboxylic acids is 2. The molecule has 0 aliphatic heterocycles. The number of anilines is 1. The molecule has 1 N–H and O–H groups in total. The van der Waals surface area contributed by atoms with Crippen molar-refractivity contribution >= 4 is 50.9 Å². The summed E-state index contributed by atoms with van der Waals surface area (Å²) in [7, 11) is -4.11. The van der Waals surface area contributed by atoms with Crippen molar-refractivity contribution in [3.8, 4) is 0 Å². The highest BCUT2D eigenvalue weighted by Crippen LogP contribution is 2.27. The zero-order chi connectivity index (χ0) is 30.2. The van der Waals surface area contributed by atoms with Crippen LogP contribution in [-0.4, -0.2) is 50.5 Å². The molecule has 3 aromatic carbocycles. The van der Waals surface area contributed by atoms with Crippen molar-refractivity contribution < 1.29 is 18.0 Å². The second-order valence-electron chi connectivity index (χ2n) is 10.2. The first-order valence-electron chi connectivity index (χ1n) is 13.5. The molecule has 0 aliphatic carbocycles. The van der Waals surface area contributed by atoms with Gasteiger partial charge >= 0.3 is 0 Å². The Morgan fingerprint density at radius 2 is 1.56 bits per heavy atom. The van der Waals surface area contributed by atoms with Gasteiger partial charge in [0.25, 0.3) is 10.0 Å². The molecule has 0 unspecified atom stereocenters. The van der Waals surface area contributed by atoms with E-state index in [0.717, 1.165) is 20.3 Å². The quantitative estimate of drug-likeness (QED) is 0.233. The lowest BCUT2D eigenvalue weighted by atomic mass is 10.1. The van der Waals surface area contributed by atoms with E-state index in [1.807, 2.05) is 34.0 Å². The van der Waals surface area contributed by atoms with E-state index in [9.17, 15) is 18.0 Å². The number of benzene rings is 3. The highest BCUT2D eigenvalue weighted by atomic mass is 35.5. The first-order valence-corrected chi connectivity index (χ1v) is 16.6. The molecule has 0 saturated heterocycles. The van der Waals surface area contributed by atoms with Gasteiger partial charge in [0.05, 0.1) is 10.6 Å². The van der Waals surface area contributed by atoms with Crippen LogP contribution in [0.3, 0.4) is 0 Å². The predicted octanol–water partition coefficient (Wildman–Crippen LogP) is 6.15. The largest absolute Gasteiger partial charge is 0.354 e. The van der Waals surface area contributed by atoms with Gasteiger partial charge in [-0.25, -0.2) is 8.42 Å². The molecule has 3 rings (SSSR count). The summed E-state index contributed by atoms with van der Waals surface area (Å²) in [6, 6.07) is 19.8. The van der Waals surface area contributed by atoms with Crippen LogP contribution in [0.5, 0.6) is 0 Å². The van der Waals surface area contributed by atoms with Crippen LogP contribution in [0.2, 0.25) is 5.02 Å². The van der Waals surface area contributed by atoms with Crippen molar-refractivity contribution in [3.63, 3.8) is 0 Å². The molecular formula is C31H38ClN3O4S2. The van der Waals surface area contributed by atoms with Gasteiger partial charge < -0.3 is 10.2 Å². The number of carbonyl (C=O) groups is 2. The Morgan fingerprint density at radius 3 is 2.10 bits per heavy atom. The van der Waals surface area contributed by atoms with Gasteiger partial charge in [0, 0.05) is 23.0 Å². The van der Waals surface area contributed by atoms with Gasteiger partial charge in [0.2, 0.25) is 11.8 Å². The standard InChI is InChI=1S/C31H38ClN3O4S2/c1-6-29(31(37)33-19-22(2)3)34(20-24-9-11-25(32)12-10-24)30(36)21-35(26-13-7-23(4)8-14-26)41(38,39)28-17-15-27(40-5)16-18-28/h7-18,22,29H,6,19-21H2,1-5H3,(H,33,37)/t29-/m0/s1. The van der Waals surface area contributed by atoms with Gasteiger partial charge in [-0.3, -0.25) is 13.9 Å². The fourth-order valence-electron chi connectivity index (χ4n) is 4.24. The van der Waals surface area contributed by atoms with Crippen LogP contribution in [0, 0.1) is 12.8 Å². The van der Waals surface area contributed by atoms with Gasteiger partial charge in [0.15, 0.2) is 0 Å². The van der Waals surface area contributed by atoms with Crippen molar-refractivity contribution in [1.29, 1.82) is 0 Å². The van der Waals surface area contributed by atoms with Crippen LogP contribution in [0.1, 0.15) is 38.3 Å². The number of aryl methyl sites for hydroxylation is 1. The summed E-state index contributed by atoms with van der Waals surface area (Å²) >= 11 is 7.59. The Kier molecular flexibility index (Phi) is 11.7. The highest BCUT2D eigenvalue weighted by molar-refractivity contribution is 7.98. The molecule has 0 bridgehead atoms. The third-order valence-electron chi connectivity index (χ3n) is 6.58. The first-order chi connectivity index (χ1) is 19.5. The SMILES string of the molecule is CC[C@@H](C(=O)NCC(C)C)N(Cc1ccc(Cl)cc1)C(=O)CN(c1ccc(C)cc1)S(=O)(=O)c1ccc(SC)cc1. The maximum Gasteiger partial charge on any atom is 0.264 e. The number of thioether (sulfide) groups is 1. The van der Waals surface area contributed by atoms with Crippen LogP contribution < -0.4 is 9.62 Å². The molecule has 0 heterocycles. The van der Waals surface area contributed by atoms with E-state index >= 15 is 0 Å². The number of halogens is 1. The summed E-state index contributed by atoms with van der Waals surface area (Å²) in [6.45, 7) is 7.84. The minimum Gasteiger partial charge on any atom is -0.354 e. The lowest BCUT2D eigenvalue weighted by Crippen LogP contribution is -2.52. The second kappa shape index (κ2) is 14.8. The van der Waals surface area contributed by atoms with E-state index in [2.05, 4.69) is 5.32 Å². The van der Waals surface area contributed by atoms with Gasteiger partial charge in [-0.2, -0.15) is 0 Å². The fraction of sp³-hybridized carbons (Fsp3) is 0.355. The van der Waals surface area contributed by atoms with Gasteiger partial charge in [-0.15, -0.1) is 11.8 Å². The molecule has 0 radical (unpaired) electrons. The molecular weight excluding hydrogens is 578 g/mol. The number of hydrogen-bond donors (Lipinski definition) is 1. The lowest BCUT2D eigenvalue weighted by Gasteiger charge is -2.33. The van der Waals surface area contributed by atoms with Crippen molar-refractivity contribution in [2.45, 2.75) is 56.5 Å². The molecule has 2 amide bonds. The molecule has 0 spiro atoms. The van der Waals surface area contributed by atoms with E-state index < -0.39 is 28.5 Å². The summed E-state index contributed by atoms with van der Waals surface area (Å²) in [6.07, 6.45) is 2.27. The van der Waals surface area contributed by atoms with Crippen molar-refractivity contribution in [3.05, 3.63) is 88.9 Å². The maximum absolute atomic E-state index is 14.1. The first kappa shape index (κ1) is 32.5. The molecule has 3 aromatic rings. The third kappa shape index (κ3) is 8.74. The zero-order valence-electron chi connectivity index (χ0n) is 24.1. The summed E-state index contributed by atoms with van der Waals surface area (Å²) < 4.78 is 29.1. The molecule has 0 aromatic heterocycles. The topological polar surface area (TPSA) is 86.8 Å². The monoisotopic (exact) mass is 615 g/mol. The highest BCUT2D eigenvalue weighted by Gasteiger charge is 2.33. The normalized spacial score (nSPS) is 12.2. The van der Waals surface area contributed by atoms with Crippen molar-refractivity contribution in [1.82, 2.24) is 10.2 Å². The number of amides is 2. The van der Waals surface area contributed by atoms with Gasteiger partial charge in [0.1, 0.15) is 12.6 Å². The van der Waals surface area contributed by atoms with Crippen LogP contribution in [0.15, 0.2) is 82.6 Å². The van der Waals surface area contributed by atoms with E-state index in [-0.39, 0.29) is 23.3 Å². The van der Waals surface area contributed by atoms with Crippen LogP contribution >= 0.6 is 23.4 Å². The molecule has 0 saturated carbocycles. The Labute approximate surface area is 253 Å². The van der Waals surface area contributed by atoms with E-state index in [4.69, 9.17) is 11.6 Å². The number of sulfonamides is 1. The average molecular weight is 616 g/mol. The molecule has 220 valence electrons. The molecule has 1 atom stereocenters. The van der Waals surface area contributed by atoms with Gasteiger partial charge in [-0.1, -0.05) is 62.2 Å². The number of rotatable bonds is 13. The minimum atomic E-state index is -4.11. The Morgan fingerprint density at radius 1 is 0.951 bits per heavy atom. The van der Waals surface area contributed by atoms with E-state index in [1.54, 1.807) is 72.8 Å². The molecule has 0 fully saturated rings. The van der Waals surface area contributed by atoms with Crippen LogP contribution in [-0.2, 0) is 26.2 Å². The Bertz CT molecular complexity index is 1410. The lowest BCUT2D eigenvalue weighted by molar-refractivity contribution is -0.140. The summed E-state index contributed by atoms with van der Waals surface area (Å²) in [4.78, 5) is 29.8.